The lowest BCUT2D eigenvalue weighted by molar-refractivity contribution is -0.132. The number of amides is 1. The summed E-state index contributed by atoms with van der Waals surface area (Å²) in [7, 11) is 0. The number of rotatable bonds is 0. The van der Waals surface area contributed by atoms with Crippen LogP contribution in [0.15, 0.2) is 11.1 Å². The lowest BCUT2D eigenvalue weighted by Crippen LogP contribution is -2.34. The topological polar surface area (TPSA) is 57.6 Å². The molecule has 0 spiro atoms. The van der Waals surface area contributed by atoms with E-state index < -0.39 is 6.10 Å². The predicted octanol–water partition coefficient (Wildman–Crippen LogP) is 1.68. The molecule has 4 heteroatoms. The minimum absolute atomic E-state index is 0.0119. The van der Waals surface area contributed by atoms with Crippen molar-refractivity contribution in [1.82, 2.24) is 4.90 Å². The van der Waals surface area contributed by atoms with Crippen LogP contribution in [0.25, 0.3) is 0 Å². The number of ketones is 1. The van der Waals surface area contributed by atoms with E-state index in [4.69, 9.17) is 0 Å². The van der Waals surface area contributed by atoms with Gasteiger partial charge < -0.3 is 10.0 Å². The Kier molecular flexibility index (Phi) is 3.67. The Morgan fingerprint density at radius 3 is 2.70 bits per heavy atom. The molecular weight excluding hydrogens is 254 g/mol. The summed E-state index contributed by atoms with van der Waals surface area (Å²) >= 11 is 0. The first-order valence-electron chi connectivity index (χ1n) is 7.80. The number of aliphatic hydroxyl groups is 1. The van der Waals surface area contributed by atoms with E-state index in [0.29, 0.717) is 12.8 Å². The number of Topliss-reactive ketones (excluding diaryl/α,β-unsaturated/α-hetero) is 1. The molecule has 3 atom stereocenters. The normalized spacial score (nSPS) is 35.3. The minimum Gasteiger partial charge on any atom is -0.384 e. The fourth-order valence-corrected chi connectivity index (χ4v) is 4.01. The van der Waals surface area contributed by atoms with Crippen LogP contribution in [0.5, 0.6) is 0 Å². The number of aliphatic hydroxyl groups excluding tert-OH is 1. The highest BCUT2D eigenvalue weighted by atomic mass is 16.3. The van der Waals surface area contributed by atoms with Crippen molar-refractivity contribution in [2.24, 2.45) is 11.8 Å². The van der Waals surface area contributed by atoms with Gasteiger partial charge >= 0.3 is 0 Å². The van der Waals surface area contributed by atoms with Gasteiger partial charge in [0, 0.05) is 25.4 Å². The molecule has 0 saturated carbocycles. The Balaban J connectivity index is 2.00. The van der Waals surface area contributed by atoms with Crippen molar-refractivity contribution in [2.75, 3.05) is 13.1 Å². The zero-order valence-electron chi connectivity index (χ0n) is 12.1. The number of carbonyl (C=O) groups excluding carboxylic acids is 2. The van der Waals surface area contributed by atoms with Gasteiger partial charge in [-0.05, 0) is 43.6 Å². The van der Waals surface area contributed by atoms with Crippen molar-refractivity contribution in [3.8, 4) is 0 Å². The van der Waals surface area contributed by atoms with E-state index in [1.54, 1.807) is 0 Å². The molecule has 4 nitrogen and oxygen atoms in total. The summed E-state index contributed by atoms with van der Waals surface area (Å²) in [5.41, 5.74) is 2.05. The monoisotopic (exact) mass is 277 g/mol. The first kappa shape index (κ1) is 13.8. The quantitative estimate of drug-likeness (QED) is 0.733. The third kappa shape index (κ3) is 2.30. The molecule has 2 heterocycles. The lowest BCUT2D eigenvalue weighted by Gasteiger charge is -2.25. The third-order valence-electron chi connectivity index (χ3n) is 5.03. The summed E-state index contributed by atoms with van der Waals surface area (Å²) in [6.07, 6.45) is 3.82. The van der Waals surface area contributed by atoms with Gasteiger partial charge in [-0.15, -0.1) is 0 Å². The van der Waals surface area contributed by atoms with Crippen molar-refractivity contribution in [3.05, 3.63) is 11.1 Å². The van der Waals surface area contributed by atoms with Gasteiger partial charge in [0.25, 0.3) is 0 Å². The third-order valence-corrected chi connectivity index (χ3v) is 5.03. The first-order chi connectivity index (χ1) is 9.58. The number of carbonyl (C=O) groups is 2. The van der Waals surface area contributed by atoms with E-state index in [-0.39, 0.29) is 23.5 Å². The van der Waals surface area contributed by atoms with Crippen LogP contribution < -0.4 is 0 Å². The molecule has 3 aliphatic rings. The second-order valence-electron chi connectivity index (χ2n) is 6.56. The van der Waals surface area contributed by atoms with E-state index in [9.17, 15) is 14.7 Å². The molecule has 1 N–H and O–H groups in total. The molecule has 3 rings (SSSR count). The minimum atomic E-state index is -0.825. The molecule has 0 aromatic rings. The highest BCUT2D eigenvalue weighted by Crippen LogP contribution is 2.40. The van der Waals surface area contributed by atoms with Crippen molar-refractivity contribution < 1.29 is 14.7 Å². The van der Waals surface area contributed by atoms with Crippen molar-refractivity contribution in [3.63, 3.8) is 0 Å². The van der Waals surface area contributed by atoms with Gasteiger partial charge in [-0.25, -0.2) is 0 Å². The highest BCUT2D eigenvalue weighted by molar-refractivity contribution is 6.02. The van der Waals surface area contributed by atoms with Gasteiger partial charge in [0.2, 0.25) is 5.91 Å². The van der Waals surface area contributed by atoms with Crippen LogP contribution in [0.4, 0.5) is 0 Å². The maximum absolute atomic E-state index is 12.3. The molecule has 110 valence electrons. The Hall–Kier alpha value is -1.16. The Morgan fingerprint density at radius 1 is 1.15 bits per heavy atom. The first-order valence-corrected chi connectivity index (χ1v) is 7.80. The fraction of sp³-hybridized carbons (Fsp3) is 0.750. The van der Waals surface area contributed by atoms with E-state index in [1.165, 1.54) is 5.57 Å². The molecule has 20 heavy (non-hydrogen) atoms. The maximum Gasteiger partial charge on any atom is 0.222 e. The van der Waals surface area contributed by atoms with Crippen LogP contribution in [0.2, 0.25) is 0 Å². The van der Waals surface area contributed by atoms with Crippen LogP contribution >= 0.6 is 0 Å². The summed E-state index contributed by atoms with van der Waals surface area (Å²) in [5, 5.41) is 10.2. The molecular formula is C16H23NO3. The zero-order chi connectivity index (χ0) is 14.3. The Labute approximate surface area is 119 Å². The molecule has 0 aromatic heterocycles. The van der Waals surface area contributed by atoms with E-state index in [2.05, 4.69) is 0 Å². The molecule has 2 aliphatic heterocycles. The molecule has 1 saturated heterocycles. The molecule has 1 aliphatic carbocycles. The number of fused-ring (bicyclic) bond motifs is 3. The molecule has 3 unspecified atom stereocenters. The summed E-state index contributed by atoms with van der Waals surface area (Å²) in [4.78, 5) is 26.6. The summed E-state index contributed by atoms with van der Waals surface area (Å²) in [6.45, 7) is 3.60. The second-order valence-corrected chi connectivity index (χ2v) is 6.56. The summed E-state index contributed by atoms with van der Waals surface area (Å²) in [5.74, 6) is 0.355. The smallest absolute Gasteiger partial charge is 0.222 e. The highest BCUT2D eigenvalue weighted by Gasteiger charge is 2.41. The van der Waals surface area contributed by atoms with Gasteiger partial charge in [-0.2, -0.15) is 0 Å². The maximum atomic E-state index is 12.3. The van der Waals surface area contributed by atoms with Crippen molar-refractivity contribution >= 4 is 11.7 Å². The van der Waals surface area contributed by atoms with Crippen LogP contribution in [0, 0.1) is 11.8 Å². The van der Waals surface area contributed by atoms with Gasteiger partial charge in [0.15, 0.2) is 5.78 Å². The lowest BCUT2D eigenvalue weighted by atomic mass is 9.89. The van der Waals surface area contributed by atoms with Crippen molar-refractivity contribution in [1.29, 1.82) is 0 Å². The predicted molar refractivity (Wildman–Crippen MR) is 75.0 cm³/mol. The van der Waals surface area contributed by atoms with Crippen LogP contribution in [0.3, 0.4) is 0 Å². The molecule has 1 amide bonds. The van der Waals surface area contributed by atoms with Crippen molar-refractivity contribution in [2.45, 2.75) is 51.6 Å². The molecule has 1 fully saturated rings. The second kappa shape index (κ2) is 5.32. The molecule has 2 bridgehead atoms. The average molecular weight is 277 g/mol. The van der Waals surface area contributed by atoms with Gasteiger partial charge in [0.05, 0.1) is 0 Å². The zero-order valence-corrected chi connectivity index (χ0v) is 12.1. The van der Waals surface area contributed by atoms with Crippen LogP contribution in [0.1, 0.15) is 45.4 Å². The van der Waals surface area contributed by atoms with E-state index in [1.807, 2.05) is 11.8 Å². The Morgan fingerprint density at radius 2 is 1.90 bits per heavy atom. The SMILES string of the molecule is CC1CC(=O)N2CCCC3=C(C1)C(=O)C(O)C3CCC2. The van der Waals surface area contributed by atoms with Gasteiger partial charge in [-0.3, -0.25) is 9.59 Å². The Bertz CT molecular complexity index is 468. The number of nitrogens with zero attached hydrogens (tertiary/aromatic N) is 1. The van der Waals surface area contributed by atoms with Gasteiger partial charge in [0.1, 0.15) is 6.10 Å². The fourth-order valence-electron chi connectivity index (χ4n) is 4.01. The summed E-state index contributed by atoms with van der Waals surface area (Å²) < 4.78 is 0. The van der Waals surface area contributed by atoms with Crippen LogP contribution in [-0.4, -0.2) is 40.9 Å². The summed E-state index contributed by atoms with van der Waals surface area (Å²) in [6, 6.07) is 0. The van der Waals surface area contributed by atoms with Gasteiger partial charge in [-0.1, -0.05) is 12.5 Å². The molecule has 0 aromatic carbocycles. The number of hydrogen-bond donors (Lipinski definition) is 1. The van der Waals surface area contributed by atoms with E-state index in [0.717, 1.165) is 44.3 Å². The average Bonchev–Trinajstić information content (AvgIpc) is 2.67. The van der Waals surface area contributed by atoms with Crippen LogP contribution in [-0.2, 0) is 9.59 Å². The van der Waals surface area contributed by atoms with E-state index >= 15 is 0 Å². The number of hydrogen-bond acceptors (Lipinski definition) is 3. The standard InChI is InChI=1S/C16H23NO3/c1-10-8-13-11-4-2-6-17(14(18)9-10)7-3-5-12(11)15(19)16(13)20/h10,12,15,19H,2-9H2,1H3. The molecule has 0 radical (unpaired) electrons. The largest absolute Gasteiger partial charge is 0.384 e.